The molecule has 127 valence electrons. The van der Waals surface area contributed by atoms with Crippen molar-refractivity contribution in [2.45, 2.75) is 0 Å². The molecule has 1 aromatic heterocycles. The summed E-state index contributed by atoms with van der Waals surface area (Å²) in [5.74, 6) is 0. The van der Waals surface area contributed by atoms with Gasteiger partial charge >= 0.3 is 150 Å². The predicted octanol–water partition coefficient (Wildman–Crippen LogP) is 1.69. The van der Waals surface area contributed by atoms with E-state index < -0.39 is 26.4 Å². The van der Waals surface area contributed by atoms with Crippen LogP contribution >= 0.6 is 11.4 Å². The molecule has 0 spiro atoms. The zero-order chi connectivity index (χ0) is 18.1. The van der Waals surface area contributed by atoms with Crippen LogP contribution < -0.4 is 15.0 Å². The standard InChI is InChI=1S/2C6H5O2P.C4H5N2.Zn/c2*7-9(8)6-4-2-1-3-5-6;1-6-3-2-5-4-6;/h2*1-5H;2-3H,1H3;/q;;;-2/p+2. The Bertz CT molecular complexity index is 903. The third kappa shape index (κ3) is 3.49. The second-order valence-corrected chi connectivity index (χ2v) is 33.0. The molecular formula is C16H17N2O4P2Zn. The van der Waals surface area contributed by atoms with Crippen molar-refractivity contribution in [3.8, 4) is 0 Å². The number of hydrogen-bond acceptors (Lipinski definition) is 3. The SMILES string of the molecule is Cn1ccn[c]1[Zn]([P](=O)(O)c1ccccc1)[P](=O)(O)c1ccccc1. The second kappa shape index (κ2) is 7.11. The number of hydrogen-bond donors (Lipinski definition) is 2. The van der Waals surface area contributed by atoms with E-state index >= 15 is 0 Å². The van der Waals surface area contributed by atoms with Crippen molar-refractivity contribution >= 4 is 26.4 Å². The maximum atomic E-state index is 13.4. The van der Waals surface area contributed by atoms with Crippen molar-refractivity contribution in [3.05, 3.63) is 73.1 Å². The van der Waals surface area contributed by atoms with E-state index in [-0.39, 0.29) is 10.6 Å². The number of imidazole rings is 1. The van der Waals surface area contributed by atoms with Crippen LogP contribution in [0.5, 0.6) is 0 Å². The molecule has 2 aromatic carbocycles. The number of benzene rings is 2. The third-order valence-electron chi connectivity index (χ3n) is 4.34. The average Bonchev–Trinajstić information content (AvgIpc) is 3.01. The van der Waals surface area contributed by atoms with Gasteiger partial charge in [0.2, 0.25) is 0 Å². The first kappa shape index (κ1) is 18.4. The molecule has 0 bridgehead atoms. The Morgan fingerprint density at radius 2 is 1.32 bits per heavy atom. The molecule has 0 fully saturated rings. The summed E-state index contributed by atoms with van der Waals surface area (Å²) < 4.78 is 28.8. The summed E-state index contributed by atoms with van der Waals surface area (Å²) in [6, 6.07) is 16.3. The Kier molecular flexibility index (Phi) is 5.24. The van der Waals surface area contributed by atoms with E-state index in [1.54, 1.807) is 54.2 Å². The predicted molar refractivity (Wildman–Crippen MR) is 94.6 cm³/mol. The summed E-state index contributed by atoms with van der Waals surface area (Å²) in [6.07, 6.45) is 3.13. The first-order chi connectivity index (χ1) is 11.8. The topological polar surface area (TPSA) is 92.4 Å². The molecular weight excluding hydrogens is 412 g/mol. The minimum absolute atomic E-state index is 0.211. The fourth-order valence-corrected chi connectivity index (χ4v) is 39.5. The van der Waals surface area contributed by atoms with Crippen LogP contribution in [0.25, 0.3) is 0 Å². The Hall–Kier alpha value is -1.35. The Morgan fingerprint density at radius 1 is 0.880 bits per heavy atom. The van der Waals surface area contributed by atoms with Crippen LogP contribution in [0, 0.1) is 0 Å². The van der Waals surface area contributed by atoms with Crippen molar-refractivity contribution in [1.82, 2.24) is 9.55 Å². The van der Waals surface area contributed by atoms with Crippen molar-refractivity contribution < 1.29 is 33.9 Å². The molecule has 0 radical (unpaired) electrons. The van der Waals surface area contributed by atoms with Gasteiger partial charge in [-0.1, -0.05) is 0 Å². The van der Waals surface area contributed by atoms with Crippen molar-refractivity contribution in [2.24, 2.45) is 7.05 Å². The molecule has 3 aromatic rings. The molecule has 0 amide bonds. The molecule has 9 heteroatoms. The number of aromatic nitrogens is 2. The Balaban J connectivity index is 2.24. The Labute approximate surface area is 150 Å². The van der Waals surface area contributed by atoms with E-state index in [2.05, 4.69) is 4.98 Å². The molecule has 0 aliphatic rings. The number of nitrogens with zero attached hydrogens (tertiary/aromatic N) is 2. The molecule has 0 aliphatic carbocycles. The van der Waals surface area contributed by atoms with Crippen LogP contribution in [0.3, 0.4) is 0 Å². The van der Waals surface area contributed by atoms with Crippen LogP contribution in [0.15, 0.2) is 73.1 Å². The van der Waals surface area contributed by atoms with Gasteiger partial charge in [-0.25, -0.2) is 0 Å². The van der Waals surface area contributed by atoms with Crippen LogP contribution in [0.1, 0.15) is 0 Å². The summed E-state index contributed by atoms with van der Waals surface area (Å²) in [5, 5.41) is 0.423. The molecule has 3 rings (SSSR count). The zero-order valence-corrected chi connectivity index (χ0v) is 18.4. The maximum absolute atomic E-state index is 13.4. The normalized spacial score (nSPS) is 16.0. The quantitative estimate of drug-likeness (QED) is 0.476. The van der Waals surface area contributed by atoms with Gasteiger partial charge in [0.1, 0.15) is 0 Å². The van der Waals surface area contributed by atoms with Crippen molar-refractivity contribution in [3.63, 3.8) is 0 Å². The minimum atomic E-state index is -4.29. The van der Waals surface area contributed by atoms with Crippen LogP contribution in [0.4, 0.5) is 0 Å². The average molecular weight is 429 g/mol. The van der Waals surface area contributed by atoms with E-state index in [9.17, 15) is 18.9 Å². The van der Waals surface area contributed by atoms with Gasteiger partial charge in [0, 0.05) is 0 Å². The first-order valence-corrected chi connectivity index (χ1v) is 20.9. The van der Waals surface area contributed by atoms with E-state index in [0.717, 1.165) is 0 Å². The Morgan fingerprint density at radius 3 is 1.68 bits per heavy atom. The van der Waals surface area contributed by atoms with Crippen LogP contribution in [-0.2, 0) is 31.2 Å². The van der Waals surface area contributed by atoms with Gasteiger partial charge < -0.3 is 0 Å². The van der Waals surface area contributed by atoms with Crippen LogP contribution in [0.2, 0.25) is 0 Å². The molecule has 2 unspecified atom stereocenters. The van der Waals surface area contributed by atoms with E-state index in [0.29, 0.717) is 4.42 Å². The molecule has 0 aliphatic heterocycles. The fraction of sp³-hybridized carbons (Fsp3) is 0.0625. The summed E-state index contributed by atoms with van der Waals surface area (Å²) in [5.41, 5.74) is -8.09. The fourth-order valence-electron chi connectivity index (χ4n) is 3.01. The van der Waals surface area contributed by atoms with E-state index in [1.165, 1.54) is 30.5 Å². The summed E-state index contributed by atoms with van der Waals surface area (Å²) >= 11 is -4.29. The van der Waals surface area contributed by atoms with Gasteiger partial charge in [0.05, 0.1) is 0 Å². The first-order valence-electron chi connectivity index (χ1n) is 7.76. The van der Waals surface area contributed by atoms with E-state index in [4.69, 9.17) is 0 Å². The molecule has 0 saturated carbocycles. The summed E-state index contributed by atoms with van der Waals surface area (Å²) in [6.45, 7) is 0. The van der Waals surface area contributed by atoms with Crippen molar-refractivity contribution in [2.75, 3.05) is 0 Å². The van der Waals surface area contributed by atoms with Gasteiger partial charge in [-0.05, 0) is 0 Å². The zero-order valence-electron chi connectivity index (χ0n) is 13.6. The number of rotatable bonds is 5. The molecule has 6 nitrogen and oxygen atoms in total. The second-order valence-electron chi connectivity index (χ2n) is 5.99. The molecule has 0 saturated heterocycles. The van der Waals surface area contributed by atoms with Gasteiger partial charge in [-0.2, -0.15) is 0 Å². The molecule has 2 atom stereocenters. The van der Waals surface area contributed by atoms with Gasteiger partial charge in [-0.15, -0.1) is 0 Å². The van der Waals surface area contributed by atoms with E-state index in [1.807, 2.05) is 0 Å². The van der Waals surface area contributed by atoms with Gasteiger partial charge in [-0.3, -0.25) is 0 Å². The van der Waals surface area contributed by atoms with Crippen molar-refractivity contribution in [1.29, 1.82) is 0 Å². The molecule has 25 heavy (non-hydrogen) atoms. The summed E-state index contributed by atoms with van der Waals surface area (Å²) in [4.78, 5) is 26.2. The number of aryl methyl sites for hydroxylation is 1. The molecule has 1 heterocycles. The molecule has 2 N–H and O–H groups in total. The third-order valence-corrected chi connectivity index (χ3v) is 40.5. The van der Waals surface area contributed by atoms with Gasteiger partial charge in [0.15, 0.2) is 0 Å². The summed E-state index contributed by atoms with van der Waals surface area (Å²) in [7, 11) is 1.68. The van der Waals surface area contributed by atoms with Gasteiger partial charge in [0.25, 0.3) is 0 Å². The monoisotopic (exact) mass is 427 g/mol. The van der Waals surface area contributed by atoms with Crippen LogP contribution in [-0.4, -0.2) is 19.3 Å².